The van der Waals surface area contributed by atoms with Gasteiger partial charge in [0, 0.05) is 12.6 Å². The number of piperidine rings is 1. The molecule has 17 heavy (non-hydrogen) atoms. The van der Waals surface area contributed by atoms with Crippen molar-refractivity contribution in [1.29, 1.82) is 0 Å². The number of rotatable bonds is 1. The van der Waals surface area contributed by atoms with Crippen molar-refractivity contribution in [3.05, 3.63) is 18.3 Å². The highest BCUT2D eigenvalue weighted by atomic mass is 16.3. The van der Waals surface area contributed by atoms with Crippen LogP contribution >= 0.6 is 0 Å². The third-order valence-corrected chi connectivity index (χ3v) is 2.95. The maximum absolute atomic E-state index is 9.53. The fraction of sp³-hybridized carbons (Fsp3) is 0.615. The predicted molar refractivity (Wildman–Crippen MR) is 72.0 cm³/mol. The number of hydrogen-bond acceptors (Lipinski definition) is 4. The summed E-state index contributed by atoms with van der Waals surface area (Å²) in [6.45, 7) is 7.01. The highest BCUT2D eigenvalue weighted by Crippen LogP contribution is 2.24. The maximum Gasteiger partial charge on any atom is 0.123 e. The van der Waals surface area contributed by atoms with Crippen LogP contribution in [0, 0.1) is 0 Å². The van der Waals surface area contributed by atoms with Gasteiger partial charge in [-0.3, -0.25) is 0 Å². The second-order valence-corrected chi connectivity index (χ2v) is 4.16. The third kappa shape index (κ3) is 3.60. The summed E-state index contributed by atoms with van der Waals surface area (Å²) in [7, 11) is 0. The zero-order valence-electron chi connectivity index (χ0n) is 10.9. The highest BCUT2D eigenvalue weighted by molar-refractivity contribution is 5.49. The highest BCUT2D eigenvalue weighted by Gasteiger charge is 2.24. The number of nitrogens with zero attached hydrogens (tertiary/aromatic N) is 2. The Bertz CT molecular complexity index is 326. The van der Waals surface area contributed by atoms with E-state index in [1.54, 1.807) is 6.20 Å². The number of aliphatic hydroxyl groups excluding tert-OH is 1. The summed E-state index contributed by atoms with van der Waals surface area (Å²) in [5.41, 5.74) is 6.63. The molecule has 1 aliphatic rings. The monoisotopic (exact) mass is 237 g/mol. The molecule has 0 bridgehead atoms. The first-order chi connectivity index (χ1) is 8.16. The molecule has 2 heterocycles. The number of nitrogens with two attached hydrogens (primary N) is 1. The van der Waals surface area contributed by atoms with Gasteiger partial charge in [0.15, 0.2) is 0 Å². The fourth-order valence-electron chi connectivity index (χ4n) is 2.10. The lowest BCUT2D eigenvalue weighted by Crippen LogP contribution is -2.42. The third-order valence-electron chi connectivity index (χ3n) is 2.95. The van der Waals surface area contributed by atoms with Crippen molar-refractivity contribution in [2.24, 2.45) is 0 Å². The standard InChI is InChI=1S/C11H17N3O.C2H6/c1-8-6-10(15)4-5-14(8)9-2-3-11(12)13-7-9;1-2/h2-3,7-8,10,15H,4-6H2,1H3,(H2,12,13);1-2H3. The summed E-state index contributed by atoms with van der Waals surface area (Å²) in [6.07, 6.45) is 3.29. The zero-order chi connectivity index (χ0) is 12.8. The van der Waals surface area contributed by atoms with Gasteiger partial charge in [0.1, 0.15) is 5.82 Å². The first-order valence-electron chi connectivity index (χ1n) is 6.33. The van der Waals surface area contributed by atoms with Crippen LogP contribution in [0.1, 0.15) is 33.6 Å². The van der Waals surface area contributed by atoms with Crippen molar-refractivity contribution < 1.29 is 5.11 Å². The number of aliphatic hydroxyl groups is 1. The van der Waals surface area contributed by atoms with Crippen LogP contribution in [0.15, 0.2) is 18.3 Å². The van der Waals surface area contributed by atoms with E-state index in [4.69, 9.17) is 5.73 Å². The van der Waals surface area contributed by atoms with Gasteiger partial charge in [0.05, 0.1) is 18.0 Å². The molecule has 2 rings (SSSR count). The molecule has 1 aromatic rings. The molecule has 0 saturated carbocycles. The van der Waals surface area contributed by atoms with E-state index in [0.717, 1.165) is 25.1 Å². The molecule has 1 saturated heterocycles. The number of anilines is 2. The average molecular weight is 237 g/mol. The van der Waals surface area contributed by atoms with Gasteiger partial charge >= 0.3 is 0 Å². The van der Waals surface area contributed by atoms with Crippen LogP contribution in [0.5, 0.6) is 0 Å². The van der Waals surface area contributed by atoms with Gasteiger partial charge in [-0.25, -0.2) is 4.98 Å². The molecular weight excluding hydrogens is 214 g/mol. The van der Waals surface area contributed by atoms with Crippen molar-refractivity contribution in [3.63, 3.8) is 0 Å². The molecule has 1 aromatic heterocycles. The summed E-state index contributed by atoms with van der Waals surface area (Å²) in [5, 5.41) is 9.53. The average Bonchev–Trinajstić information content (AvgIpc) is 2.33. The van der Waals surface area contributed by atoms with E-state index in [-0.39, 0.29) is 6.10 Å². The molecule has 1 fully saturated rings. The lowest BCUT2D eigenvalue weighted by atomic mass is 10.0. The van der Waals surface area contributed by atoms with Crippen LogP contribution < -0.4 is 10.6 Å². The van der Waals surface area contributed by atoms with E-state index in [1.807, 2.05) is 26.0 Å². The Morgan fingerprint density at radius 2 is 2.12 bits per heavy atom. The van der Waals surface area contributed by atoms with Crippen LogP contribution in [-0.2, 0) is 0 Å². The predicted octanol–water partition coefficient (Wildman–Crippen LogP) is 2.04. The molecule has 2 atom stereocenters. The molecule has 2 unspecified atom stereocenters. The quantitative estimate of drug-likeness (QED) is 0.784. The molecule has 3 N–H and O–H groups in total. The first-order valence-corrected chi connectivity index (χ1v) is 6.33. The van der Waals surface area contributed by atoms with E-state index in [2.05, 4.69) is 16.8 Å². The number of hydrogen-bond donors (Lipinski definition) is 2. The molecule has 4 heteroatoms. The normalized spacial score (nSPS) is 23.9. The lowest BCUT2D eigenvalue weighted by Gasteiger charge is -2.37. The summed E-state index contributed by atoms with van der Waals surface area (Å²) in [6, 6.07) is 4.16. The van der Waals surface area contributed by atoms with Crippen LogP contribution in [-0.4, -0.2) is 28.8 Å². The minimum Gasteiger partial charge on any atom is -0.393 e. The Labute approximate surface area is 103 Å². The fourth-order valence-corrected chi connectivity index (χ4v) is 2.10. The minimum absolute atomic E-state index is 0.155. The van der Waals surface area contributed by atoms with Gasteiger partial charge < -0.3 is 15.7 Å². The largest absolute Gasteiger partial charge is 0.393 e. The Morgan fingerprint density at radius 3 is 2.65 bits per heavy atom. The lowest BCUT2D eigenvalue weighted by molar-refractivity contribution is 0.131. The van der Waals surface area contributed by atoms with Crippen LogP contribution in [0.4, 0.5) is 11.5 Å². The number of aromatic nitrogens is 1. The van der Waals surface area contributed by atoms with Crippen LogP contribution in [0.25, 0.3) is 0 Å². The second kappa shape index (κ2) is 6.45. The second-order valence-electron chi connectivity index (χ2n) is 4.16. The molecule has 0 radical (unpaired) electrons. The van der Waals surface area contributed by atoms with E-state index in [0.29, 0.717) is 11.9 Å². The molecular formula is C13H23N3O. The van der Waals surface area contributed by atoms with Crippen molar-refractivity contribution in [2.45, 2.75) is 45.8 Å². The van der Waals surface area contributed by atoms with Gasteiger partial charge in [-0.05, 0) is 31.9 Å². The van der Waals surface area contributed by atoms with Crippen molar-refractivity contribution in [1.82, 2.24) is 4.98 Å². The smallest absolute Gasteiger partial charge is 0.123 e. The Hall–Kier alpha value is -1.29. The van der Waals surface area contributed by atoms with Gasteiger partial charge in [-0.2, -0.15) is 0 Å². The Morgan fingerprint density at radius 1 is 1.41 bits per heavy atom. The van der Waals surface area contributed by atoms with E-state index >= 15 is 0 Å². The van der Waals surface area contributed by atoms with Gasteiger partial charge in [0.2, 0.25) is 0 Å². The minimum atomic E-state index is -0.155. The van der Waals surface area contributed by atoms with Crippen molar-refractivity contribution >= 4 is 11.5 Å². The summed E-state index contributed by atoms with van der Waals surface area (Å²) in [4.78, 5) is 6.34. The van der Waals surface area contributed by atoms with Crippen LogP contribution in [0.2, 0.25) is 0 Å². The molecule has 96 valence electrons. The van der Waals surface area contributed by atoms with Crippen LogP contribution in [0.3, 0.4) is 0 Å². The maximum atomic E-state index is 9.53. The topological polar surface area (TPSA) is 62.4 Å². The number of pyridine rings is 1. The van der Waals surface area contributed by atoms with Crippen molar-refractivity contribution in [3.8, 4) is 0 Å². The molecule has 0 amide bonds. The summed E-state index contributed by atoms with van der Waals surface area (Å²) in [5.74, 6) is 0.545. The summed E-state index contributed by atoms with van der Waals surface area (Å²) < 4.78 is 0. The van der Waals surface area contributed by atoms with Gasteiger partial charge in [-0.1, -0.05) is 13.8 Å². The molecule has 0 aromatic carbocycles. The Balaban J connectivity index is 0.000000686. The van der Waals surface area contributed by atoms with Gasteiger partial charge in [-0.15, -0.1) is 0 Å². The molecule has 0 spiro atoms. The molecule has 1 aliphatic heterocycles. The summed E-state index contributed by atoms with van der Waals surface area (Å²) >= 11 is 0. The van der Waals surface area contributed by atoms with E-state index in [1.165, 1.54) is 0 Å². The van der Waals surface area contributed by atoms with Crippen molar-refractivity contribution in [2.75, 3.05) is 17.2 Å². The van der Waals surface area contributed by atoms with Gasteiger partial charge in [0.25, 0.3) is 0 Å². The SMILES string of the molecule is CC.CC1CC(O)CCN1c1ccc(N)nc1. The van der Waals surface area contributed by atoms with E-state index < -0.39 is 0 Å². The Kier molecular flexibility index (Phi) is 5.22. The molecule has 4 nitrogen and oxygen atoms in total. The number of nitrogen functional groups attached to an aromatic ring is 1. The first kappa shape index (κ1) is 13.8. The van der Waals surface area contributed by atoms with E-state index in [9.17, 15) is 5.11 Å². The zero-order valence-corrected chi connectivity index (χ0v) is 10.9. The molecule has 0 aliphatic carbocycles.